The van der Waals surface area contributed by atoms with Crippen molar-refractivity contribution in [2.45, 2.75) is 57.1 Å². The maximum Gasteiger partial charge on any atom is 0.0543 e. The molecule has 0 aliphatic heterocycles. The first-order valence-electron chi connectivity index (χ1n) is 7.82. The fraction of sp³-hybridized carbons (Fsp3) is 0.647. The number of nitrogens with one attached hydrogen (secondary N) is 1. The third-order valence-electron chi connectivity index (χ3n) is 4.79. The van der Waals surface area contributed by atoms with E-state index in [1.807, 2.05) is 0 Å². The van der Waals surface area contributed by atoms with Gasteiger partial charge in [-0.05, 0) is 62.1 Å². The van der Waals surface area contributed by atoms with Gasteiger partial charge in [0.25, 0.3) is 0 Å². The summed E-state index contributed by atoms with van der Waals surface area (Å²) < 4.78 is 0. The van der Waals surface area contributed by atoms with Gasteiger partial charge in [-0.3, -0.25) is 0 Å². The number of hydrogen-bond acceptors (Lipinski definition) is 2. The Morgan fingerprint density at radius 2 is 2.00 bits per heavy atom. The van der Waals surface area contributed by atoms with Gasteiger partial charge in [-0.2, -0.15) is 0 Å². The van der Waals surface area contributed by atoms with Crippen LogP contribution in [0.4, 0.5) is 0 Å². The standard InChI is InChI=1S/C17H25NO/c19-15-10-9-13(11-15)12-18-17-8-4-2-6-14-5-1-3-7-16(14)17/h1,3,5,7,13,15,17-19H,2,4,6,8-12H2. The predicted molar refractivity (Wildman–Crippen MR) is 78.1 cm³/mol. The van der Waals surface area contributed by atoms with Crippen LogP contribution in [0.5, 0.6) is 0 Å². The van der Waals surface area contributed by atoms with Crippen LogP contribution < -0.4 is 5.32 Å². The van der Waals surface area contributed by atoms with E-state index in [4.69, 9.17) is 0 Å². The second-order valence-corrected chi connectivity index (χ2v) is 6.24. The molecule has 0 spiro atoms. The van der Waals surface area contributed by atoms with Gasteiger partial charge >= 0.3 is 0 Å². The minimum absolute atomic E-state index is 0.0479. The summed E-state index contributed by atoms with van der Waals surface area (Å²) in [4.78, 5) is 0. The largest absolute Gasteiger partial charge is 0.393 e. The molecule has 1 fully saturated rings. The molecule has 0 bridgehead atoms. The summed E-state index contributed by atoms with van der Waals surface area (Å²) in [5, 5.41) is 13.4. The highest BCUT2D eigenvalue weighted by Gasteiger charge is 2.24. The number of aryl methyl sites for hydroxylation is 1. The van der Waals surface area contributed by atoms with Crippen LogP contribution in [0.3, 0.4) is 0 Å². The van der Waals surface area contributed by atoms with Gasteiger partial charge in [-0.25, -0.2) is 0 Å². The third-order valence-corrected chi connectivity index (χ3v) is 4.79. The summed E-state index contributed by atoms with van der Waals surface area (Å²) in [7, 11) is 0. The minimum Gasteiger partial charge on any atom is -0.393 e. The van der Waals surface area contributed by atoms with Gasteiger partial charge in [-0.15, -0.1) is 0 Å². The van der Waals surface area contributed by atoms with E-state index < -0.39 is 0 Å². The molecular formula is C17H25NO. The molecule has 2 aliphatic rings. The number of benzene rings is 1. The van der Waals surface area contributed by atoms with Crippen molar-refractivity contribution in [3.05, 3.63) is 35.4 Å². The topological polar surface area (TPSA) is 32.3 Å². The van der Waals surface area contributed by atoms with Crippen LogP contribution in [0.2, 0.25) is 0 Å². The van der Waals surface area contributed by atoms with Crippen molar-refractivity contribution < 1.29 is 5.11 Å². The Morgan fingerprint density at radius 1 is 1.11 bits per heavy atom. The Bertz CT molecular complexity index is 417. The molecule has 1 saturated carbocycles. The van der Waals surface area contributed by atoms with Crippen molar-refractivity contribution in [3.8, 4) is 0 Å². The van der Waals surface area contributed by atoms with E-state index in [1.54, 1.807) is 0 Å². The Kier molecular flexibility index (Phi) is 4.19. The molecule has 3 atom stereocenters. The van der Waals surface area contributed by atoms with Crippen LogP contribution in [0.15, 0.2) is 24.3 Å². The summed E-state index contributed by atoms with van der Waals surface area (Å²) >= 11 is 0. The van der Waals surface area contributed by atoms with Crippen molar-refractivity contribution in [2.75, 3.05) is 6.54 Å². The number of aliphatic hydroxyl groups excluding tert-OH is 1. The lowest BCUT2D eigenvalue weighted by atomic mass is 9.98. The highest BCUT2D eigenvalue weighted by atomic mass is 16.3. The molecular weight excluding hydrogens is 234 g/mol. The van der Waals surface area contributed by atoms with Gasteiger partial charge in [-0.1, -0.05) is 30.7 Å². The molecule has 2 N–H and O–H groups in total. The zero-order valence-corrected chi connectivity index (χ0v) is 11.6. The zero-order chi connectivity index (χ0) is 13.1. The van der Waals surface area contributed by atoms with Crippen LogP contribution in [0.1, 0.15) is 55.7 Å². The van der Waals surface area contributed by atoms with E-state index in [2.05, 4.69) is 29.6 Å². The van der Waals surface area contributed by atoms with Crippen molar-refractivity contribution >= 4 is 0 Å². The van der Waals surface area contributed by atoms with Crippen LogP contribution >= 0.6 is 0 Å². The molecule has 0 amide bonds. The first-order chi connectivity index (χ1) is 9.33. The quantitative estimate of drug-likeness (QED) is 0.817. The molecule has 0 heterocycles. The van der Waals surface area contributed by atoms with Gasteiger partial charge in [0.1, 0.15) is 0 Å². The lowest BCUT2D eigenvalue weighted by Crippen LogP contribution is -2.27. The highest BCUT2D eigenvalue weighted by molar-refractivity contribution is 5.31. The summed E-state index contributed by atoms with van der Waals surface area (Å²) in [6.07, 6.45) is 8.24. The number of aliphatic hydroxyl groups is 1. The number of hydrogen-bond donors (Lipinski definition) is 2. The summed E-state index contributed by atoms with van der Waals surface area (Å²) in [6, 6.07) is 9.43. The van der Waals surface area contributed by atoms with Crippen molar-refractivity contribution in [1.82, 2.24) is 5.32 Å². The van der Waals surface area contributed by atoms with Crippen molar-refractivity contribution in [1.29, 1.82) is 0 Å². The summed E-state index contributed by atoms with van der Waals surface area (Å²) in [5.74, 6) is 0.672. The Hall–Kier alpha value is -0.860. The fourth-order valence-corrected chi connectivity index (χ4v) is 3.68. The zero-order valence-electron chi connectivity index (χ0n) is 11.6. The average molecular weight is 259 g/mol. The van der Waals surface area contributed by atoms with E-state index in [-0.39, 0.29) is 6.10 Å². The van der Waals surface area contributed by atoms with Crippen LogP contribution in [-0.2, 0) is 6.42 Å². The second-order valence-electron chi connectivity index (χ2n) is 6.24. The molecule has 3 rings (SSSR count). The minimum atomic E-state index is -0.0479. The molecule has 0 aromatic heterocycles. The first kappa shape index (κ1) is 13.1. The van der Waals surface area contributed by atoms with E-state index in [9.17, 15) is 5.11 Å². The number of fused-ring (bicyclic) bond motifs is 1. The number of rotatable bonds is 3. The van der Waals surface area contributed by atoms with E-state index in [1.165, 1.54) is 43.2 Å². The second kappa shape index (κ2) is 6.06. The summed E-state index contributed by atoms with van der Waals surface area (Å²) in [5.41, 5.74) is 3.04. The third kappa shape index (κ3) is 3.18. The van der Waals surface area contributed by atoms with Gasteiger partial charge in [0, 0.05) is 6.04 Å². The van der Waals surface area contributed by atoms with Crippen LogP contribution in [0.25, 0.3) is 0 Å². The Morgan fingerprint density at radius 3 is 2.84 bits per heavy atom. The fourth-order valence-electron chi connectivity index (χ4n) is 3.68. The van der Waals surface area contributed by atoms with E-state index in [0.29, 0.717) is 12.0 Å². The molecule has 19 heavy (non-hydrogen) atoms. The van der Waals surface area contributed by atoms with Crippen LogP contribution in [-0.4, -0.2) is 17.8 Å². The normalized spacial score (nSPS) is 30.9. The monoisotopic (exact) mass is 259 g/mol. The van der Waals surface area contributed by atoms with E-state index >= 15 is 0 Å². The average Bonchev–Trinajstić information content (AvgIpc) is 2.73. The molecule has 0 saturated heterocycles. The van der Waals surface area contributed by atoms with Crippen molar-refractivity contribution in [3.63, 3.8) is 0 Å². The maximum absolute atomic E-state index is 9.61. The Balaban J connectivity index is 1.64. The maximum atomic E-state index is 9.61. The summed E-state index contributed by atoms with van der Waals surface area (Å²) in [6.45, 7) is 1.07. The van der Waals surface area contributed by atoms with Gasteiger partial charge < -0.3 is 10.4 Å². The molecule has 2 heteroatoms. The van der Waals surface area contributed by atoms with Gasteiger partial charge in [0.15, 0.2) is 0 Å². The molecule has 1 aromatic carbocycles. The van der Waals surface area contributed by atoms with E-state index in [0.717, 1.165) is 19.4 Å². The molecule has 1 aromatic rings. The lowest BCUT2D eigenvalue weighted by molar-refractivity contribution is 0.177. The Labute approximate surface area is 116 Å². The molecule has 104 valence electrons. The van der Waals surface area contributed by atoms with Crippen LogP contribution in [0, 0.1) is 5.92 Å². The smallest absolute Gasteiger partial charge is 0.0543 e. The molecule has 2 nitrogen and oxygen atoms in total. The predicted octanol–water partition coefficient (Wildman–Crippen LogP) is 3.20. The SMILES string of the molecule is OC1CCC(CNC2CCCCc3ccccc32)C1. The molecule has 0 radical (unpaired) electrons. The first-order valence-corrected chi connectivity index (χ1v) is 7.82. The van der Waals surface area contributed by atoms with Crippen molar-refractivity contribution in [2.24, 2.45) is 5.92 Å². The van der Waals surface area contributed by atoms with Gasteiger partial charge in [0.2, 0.25) is 0 Å². The molecule has 2 aliphatic carbocycles. The van der Waals surface area contributed by atoms with Gasteiger partial charge in [0.05, 0.1) is 6.10 Å². The lowest BCUT2D eigenvalue weighted by Gasteiger charge is -2.21. The highest BCUT2D eigenvalue weighted by Crippen LogP contribution is 2.30. The molecule has 3 unspecified atom stereocenters.